The van der Waals surface area contributed by atoms with Gasteiger partial charge in [0.2, 0.25) is 11.9 Å². The highest BCUT2D eigenvalue weighted by Gasteiger charge is 2.38. The molecule has 2 N–H and O–H groups in total. The quantitative estimate of drug-likeness (QED) is 0.474. The molecule has 2 aromatic heterocycles. The number of hydrogen-bond acceptors (Lipinski definition) is 8. The average Bonchev–Trinajstić information content (AvgIpc) is 3.21. The highest BCUT2D eigenvalue weighted by Crippen LogP contribution is 2.32. The number of nitrogens with one attached hydrogen (secondary N) is 2. The minimum atomic E-state index is -4.91. The standard InChI is InChI=1S/C22H25F6N9O3/c1-13(32-15-10-31-33-18(39)17(15)22(26,27)28)11-36-6-7-37(20(36)40)12-16(38)34-2-4-35(5-3-34)19-29-8-14(9-30-19)21(23,24)25/h8-10,13H,2-7,11-12H2,1H3,(H2,32,33,39)/t13-/m0/s1. The van der Waals surface area contributed by atoms with E-state index in [1.165, 1.54) is 14.7 Å². The SMILES string of the molecule is C[C@@H](CN1CCN(CC(=O)N2CCN(c3ncc(C(F)(F)F)cn3)CC2)C1=O)Nc1cn[nH]c(=O)c1C(F)(F)F. The topological polar surface area (TPSA) is 131 Å². The molecule has 218 valence electrons. The third-order valence-corrected chi connectivity index (χ3v) is 6.42. The summed E-state index contributed by atoms with van der Waals surface area (Å²) >= 11 is 0. The lowest BCUT2D eigenvalue weighted by Gasteiger charge is -2.35. The van der Waals surface area contributed by atoms with E-state index in [2.05, 4.69) is 20.4 Å². The molecular weight excluding hydrogens is 552 g/mol. The zero-order valence-corrected chi connectivity index (χ0v) is 21.1. The average molecular weight is 577 g/mol. The van der Waals surface area contributed by atoms with Gasteiger partial charge in [-0.15, -0.1) is 0 Å². The highest BCUT2D eigenvalue weighted by molar-refractivity contribution is 5.85. The Balaban J connectivity index is 1.26. The van der Waals surface area contributed by atoms with Gasteiger partial charge in [0.05, 0.1) is 17.4 Å². The fourth-order valence-electron chi connectivity index (χ4n) is 4.43. The van der Waals surface area contributed by atoms with Crippen molar-refractivity contribution in [3.05, 3.63) is 40.1 Å². The molecule has 2 saturated heterocycles. The Hall–Kier alpha value is -4.12. The lowest BCUT2D eigenvalue weighted by molar-refractivity contribution is -0.139. The molecule has 3 amide bonds. The molecular formula is C22H25F6N9O3. The molecule has 4 heterocycles. The summed E-state index contributed by atoms with van der Waals surface area (Å²) in [6, 6.07) is -1.14. The largest absolute Gasteiger partial charge is 0.423 e. The summed E-state index contributed by atoms with van der Waals surface area (Å²) in [6.07, 6.45) is -7.20. The molecule has 0 aliphatic carbocycles. The zero-order chi connectivity index (χ0) is 29.2. The van der Waals surface area contributed by atoms with E-state index in [-0.39, 0.29) is 64.2 Å². The Kier molecular flexibility index (Phi) is 8.06. The number of aromatic amines is 1. The summed E-state index contributed by atoms with van der Waals surface area (Å²) in [5, 5.41) is 7.73. The molecule has 0 bridgehead atoms. The van der Waals surface area contributed by atoms with Crippen molar-refractivity contribution in [2.45, 2.75) is 25.3 Å². The first-order chi connectivity index (χ1) is 18.7. The molecule has 0 aromatic carbocycles. The van der Waals surface area contributed by atoms with E-state index in [1.807, 2.05) is 0 Å². The van der Waals surface area contributed by atoms with Crippen LogP contribution >= 0.6 is 0 Å². The number of piperazine rings is 1. The summed E-state index contributed by atoms with van der Waals surface area (Å²) in [4.78, 5) is 50.7. The molecule has 0 radical (unpaired) electrons. The number of halogens is 6. The maximum Gasteiger partial charge on any atom is 0.423 e. The first-order valence-corrected chi connectivity index (χ1v) is 12.1. The Morgan fingerprint density at radius 3 is 2.17 bits per heavy atom. The molecule has 18 heteroatoms. The summed E-state index contributed by atoms with van der Waals surface area (Å²) in [5.41, 5.74) is -4.28. The van der Waals surface area contributed by atoms with Crippen LogP contribution in [0.15, 0.2) is 23.4 Å². The number of carbonyl (C=O) groups is 2. The van der Waals surface area contributed by atoms with Gasteiger partial charge in [0, 0.05) is 64.2 Å². The second-order valence-corrected chi connectivity index (χ2v) is 9.32. The summed E-state index contributed by atoms with van der Waals surface area (Å²) in [7, 11) is 0. The van der Waals surface area contributed by atoms with Crippen LogP contribution < -0.4 is 15.8 Å². The number of alkyl halides is 6. The van der Waals surface area contributed by atoms with E-state index in [9.17, 15) is 40.7 Å². The van der Waals surface area contributed by atoms with E-state index in [1.54, 1.807) is 16.9 Å². The lowest BCUT2D eigenvalue weighted by Crippen LogP contribution is -2.52. The van der Waals surface area contributed by atoms with Crippen LogP contribution in [0.2, 0.25) is 0 Å². The number of anilines is 2. The van der Waals surface area contributed by atoms with Crippen LogP contribution in [0.25, 0.3) is 0 Å². The van der Waals surface area contributed by atoms with Crippen LogP contribution in [0.1, 0.15) is 18.1 Å². The van der Waals surface area contributed by atoms with Gasteiger partial charge >= 0.3 is 18.4 Å². The number of nitrogens with zero attached hydrogens (tertiary/aromatic N) is 7. The number of H-pyrrole nitrogens is 1. The maximum absolute atomic E-state index is 13.3. The zero-order valence-electron chi connectivity index (χ0n) is 21.1. The number of hydrogen-bond donors (Lipinski definition) is 2. The van der Waals surface area contributed by atoms with E-state index in [0.29, 0.717) is 12.4 Å². The van der Waals surface area contributed by atoms with Gasteiger partial charge in [0.1, 0.15) is 12.1 Å². The number of amides is 3. The molecule has 0 saturated carbocycles. The van der Waals surface area contributed by atoms with Crippen molar-refractivity contribution in [2.24, 2.45) is 0 Å². The Morgan fingerprint density at radius 2 is 1.57 bits per heavy atom. The predicted molar refractivity (Wildman–Crippen MR) is 127 cm³/mol. The summed E-state index contributed by atoms with van der Waals surface area (Å²) in [5.74, 6) is -0.204. The molecule has 1 atom stereocenters. The van der Waals surface area contributed by atoms with Gasteiger partial charge in [-0.1, -0.05) is 0 Å². The van der Waals surface area contributed by atoms with Crippen LogP contribution in [0.5, 0.6) is 0 Å². The molecule has 2 aromatic rings. The van der Waals surface area contributed by atoms with Gasteiger partial charge < -0.3 is 24.9 Å². The van der Waals surface area contributed by atoms with Gasteiger partial charge in [-0.25, -0.2) is 19.9 Å². The van der Waals surface area contributed by atoms with Crippen molar-refractivity contribution < 1.29 is 35.9 Å². The van der Waals surface area contributed by atoms with Crippen molar-refractivity contribution in [2.75, 3.05) is 62.6 Å². The van der Waals surface area contributed by atoms with E-state index < -0.39 is 46.8 Å². The van der Waals surface area contributed by atoms with Crippen molar-refractivity contribution in [3.63, 3.8) is 0 Å². The third-order valence-electron chi connectivity index (χ3n) is 6.42. The second kappa shape index (κ2) is 11.2. The fourth-order valence-corrected chi connectivity index (χ4v) is 4.43. The Bertz CT molecular complexity index is 1280. The van der Waals surface area contributed by atoms with Crippen LogP contribution in [0.4, 0.5) is 42.8 Å². The number of rotatable bonds is 7. The monoisotopic (exact) mass is 577 g/mol. The fraction of sp³-hybridized carbons (Fsp3) is 0.545. The predicted octanol–water partition coefficient (Wildman–Crippen LogP) is 1.48. The highest BCUT2D eigenvalue weighted by atomic mass is 19.4. The molecule has 2 aliphatic heterocycles. The molecule has 0 spiro atoms. The smallest absolute Gasteiger partial charge is 0.379 e. The van der Waals surface area contributed by atoms with Crippen molar-refractivity contribution in [1.29, 1.82) is 0 Å². The van der Waals surface area contributed by atoms with Crippen molar-refractivity contribution in [1.82, 2.24) is 34.9 Å². The summed E-state index contributed by atoms with van der Waals surface area (Å²) < 4.78 is 78.0. The normalized spacial score (nSPS) is 17.4. The Labute approximate surface area is 223 Å². The molecule has 12 nitrogen and oxygen atoms in total. The van der Waals surface area contributed by atoms with Gasteiger partial charge in [-0.2, -0.15) is 31.4 Å². The van der Waals surface area contributed by atoms with Gasteiger partial charge in [-0.3, -0.25) is 9.59 Å². The van der Waals surface area contributed by atoms with Gasteiger partial charge in [0.15, 0.2) is 0 Å². The van der Waals surface area contributed by atoms with Crippen LogP contribution in [0, 0.1) is 0 Å². The van der Waals surface area contributed by atoms with E-state index in [4.69, 9.17) is 0 Å². The third kappa shape index (κ3) is 6.53. The molecule has 0 unspecified atom stereocenters. The number of urea groups is 1. The maximum atomic E-state index is 13.3. The second-order valence-electron chi connectivity index (χ2n) is 9.32. The molecule has 4 rings (SSSR count). The minimum Gasteiger partial charge on any atom is -0.379 e. The van der Waals surface area contributed by atoms with Gasteiger partial charge in [0.25, 0.3) is 5.56 Å². The molecule has 2 aliphatic rings. The number of aromatic nitrogens is 4. The van der Waals surface area contributed by atoms with Crippen LogP contribution in [-0.2, 0) is 17.1 Å². The van der Waals surface area contributed by atoms with Crippen molar-refractivity contribution >= 4 is 23.6 Å². The van der Waals surface area contributed by atoms with Crippen LogP contribution in [0.3, 0.4) is 0 Å². The molecule has 40 heavy (non-hydrogen) atoms. The van der Waals surface area contributed by atoms with E-state index >= 15 is 0 Å². The lowest BCUT2D eigenvalue weighted by atomic mass is 10.2. The summed E-state index contributed by atoms with van der Waals surface area (Å²) in [6.45, 7) is 2.91. The van der Waals surface area contributed by atoms with Crippen molar-refractivity contribution in [3.8, 4) is 0 Å². The number of carbonyl (C=O) groups excluding carboxylic acids is 2. The molecule has 2 fully saturated rings. The first kappa shape index (κ1) is 28.9. The van der Waals surface area contributed by atoms with E-state index in [0.717, 1.165) is 6.20 Å². The minimum absolute atomic E-state index is 0.0133. The Morgan fingerprint density at radius 1 is 0.950 bits per heavy atom. The van der Waals surface area contributed by atoms with Crippen LogP contribution in [-0.4, -0.2) is 105 Å². The van der Waals surface area contributed by atoms with Gasteiger partial charge in [-0.05, 0) is 6.92 Å². The first-order valence-electron chi connectivity index (χ1n) is 12.1.